The third-order valence-electron chi connectivity index (χ3n) is 9.62. The Balaban J connectivity index is 1.98. The van der Waals surface area contributed by atoms with Crippen molar-refractivity contribution in [2.45, 2.75) is 80.1 Å². The van der Waals surface area contributed by atoms with Gasteiger partial charge in [-0.25, -0.2) is 9.97 Å². The van der Waals surface area contributed by atoms with Gasteiger partial charge in [0.1, 0.15) is 0 Å². The van der Waals surface area contributed by atoms with Gasteiger partial charge < -0.3 is 19.4 Å². The zero-order valence-corrected chi connectivity index (χ0v) is 29.1. The molecule has 3 aromatic heterocycles. The summed E-state index contributed by atoms with van der Waals surface area (Å²) in [6, 6.07) is 8.34. The molecule has 0 saturated heterocycles. The van der Waals surface area contributed by atoms with Crippen molar-refractivity contribution in [3.8, 4) is 6.07 Å². The van der Waals surface area contributed by atoms with Gasteiger partial charge in [0.2, 0.25) is 0 Å². The number of aromatic nitrogens is 4. The highest BCUT2D eigenvalue weighted by Gasteiger charge is 2.23. The Morgan fingerprint density at radius 3 is 2.06 bits per heavy atom. The average Bonchev–Trinajstić information content (AvgIpc) is 3.75. The van der Waals surface area contributed by atoms with Crippen molar-refractivity contribution in [1.82, 2.24) is 19.9 Å². The number of ether oxygens (including phenoxy) is 2. The number of allylic oxidation sites excluding steroid dienone is 5. The van der Waals surface area contributed by atoms with Crippen LogP contribution in [-0.2, 0) is 31.9 Å². The minimum atomic E-state index is -0.289. The van der Waals surface area contributed by atoms with Crippen LogP contribution in [0.3, 0.4) is 0 Å². The summed E-state index contributed by atoms with van der Waals surface area (Å²) in [4.78, 5) is 42.2. The standard InChI is InChI=1S/C39H43N5O4/c1-9-25-24(6)38-29(12-11-17-40)39-26(10-2)21(3)32(43-39)18-30-22(4)27(13-15-36(45)47-7)34(41-30)20-35-28(14-16-37(46)48-8)23(5)31(42-35)19-33(25)44-38/h11-12,18-20,42,44H,9-10,13-16H2,1-8H3. The summed E-state index contributed by atoms with van der Waals surface area (Å²) < 4.78 is 9.95. The number of nitriles is 1. The van der Waals surface area contributed by atoms with Gasteiger partial charge in [-0.15, -0.1) is 0 Å². The van der Waals surface area contributed by atoms with Gasteiger partial charge in [0, 0.05) is 41.0 Å². The van der Waals surface area contributed by atoms with Gasteiger partial charge in [0.25, 0.3) is 0 Å². The maximum atomic E-state index is 12.3. The molecular formula is C39H43N5O4. The first-order valence-electron chi connectivity index (χ1n) is 16.4. The van der Waals surface area contributed by atoms with E-state index in [0.29, 0.717) is 12.8 Å². The topological polar surface area (TPSA) is 134 Å². The van der Waals surface area contributed by atoms with Crippen molar-refractivity contribution in [2.75, 3.05) is 14.2 Å². The number of fused-ring (bicyclic) bond motifs is 8. The maximum absolute atomic E-state index is 12.3. The van der Waals surface area contributed by atoms with Crippen molar-refractivity contribution in [1.29, 1.82) is 5.26 Å². The molecule has 0 amide bonds. The first-order valence-corrected chi connectivity index (χ1v) is 16.4. The van der Waals surface area contributed by atoms with E-state index in [1.807, 2.05) is 25.1 Å². The van der Waals surface area contributed by atoms with E-state index in [9.17, 15) is 14.9 Å². The van der Waals surface area contributed by atoms with E-state index in [1.165, 1.54) is 25.9 Å². The highest BCUT2D eigenvalue weighted by Crippen LogP contribution is 2.39. The number of hydrogen-bond donors (Lipinski definition) is 2. The van der Waals surface area contributed by atoms with Crippen LogP contribution in [0.4, 0.5) is 0 Å². The molecule has 0 radical (unpaired) electrons. The summed E-state index contributed by atoms with van der Waals surface area (Å²) in [7, 11) is 2.80. The molecule has 9 heteroatoms. The normalized spacial score (nSPS) is 13.0. The highest BCUT2D eigenvalue weighted by molar-refractivity contribution is 5.98. The van der Waals surface area contributed by atoms with Crippen LogP contribution in [-0.4, -0.2) is 46.1 Å². The molecular weight excluding hydrogens is 602 g/mol. The number of carbonyl (C=O) groups is 2. The molecule has 8 bridgehead atoms. The summed E-state index contributed by atoms with van der Waals surface area (Å²) in [5, 5.41) is 9.58. The van der Waals surface area contributed by atoms with Crippen LogP contribution < -0.4 is 0 Å². The average molecular weight is 646 g/mol. The van der Waals surface area contributed by atoms with Crippen molar-refractivity contribution in [3.63, 3.8) is 0 Å². The van der Waals surface area contributed by atoms with Gasteiger partial charge in [0.15, 0.2) is 0 Å². The lowest BCUT2D eigenvalue weighted by molar-refractivity contribution is -0.141. The molecule has 5 heterocycles. The van der Waals surface area contributed by atoms with E-state index in [0.717, 1.165) is 102 Å². The molecule has 2 aliphatic rings. The van der Waals surface area contributed by atoms with Gasteiger partial charge in [-0.3, -0.25) is 9.59 Å². The molecule has 0 unspecified atom stereocenters. The van der Waals surface area contributed by atoms with E-state index in [2.05, 4.69) is 56.7 Å². The van der Waals surface area contributed by atoms with E-state index in [-0.39, 0.29) is 24.8 Å². The fraction of sp³-hybridized carbons (Fsp3) is 0.359. The van der Waals surface area contributed by atoms with Gasteiger partial charge in [-0.1, -0.05) is 13.8 Å². The Hall–Kier alpha value is -5.23. The lowest BCUT2D eigenvalue weighted by Gasteiger charge is -2.05. The lowest BCUT2D eigenvalue weighted by Crippen LogP contribution is -2.02. The second-order valence-electron chi connectivity index (χ2n) is 12.2. The number of esters is 2. The summed E-state index contributed by atoms with van der Waals surface area (Å²) in [6.07, 6.45) is 6.31. The Labute approximate surface area is 281 Å². The second kappa shape index (κ2) is 14.3. The molecule has 9 nitrogen and oxygen atoms in total. The largest absolute Gasteiger partial charge is 0.469 e. The van der Waals surface area contributed by atoms with Crippen molar-refractivity contribution in [2.24, 2.45) is 0 Å². The van der Waals surface area contributed by atoms with Gasteiger partial charge in [-0.2, -0.15) is 5.26 Å². The van der Waals surface area contributed by atoms with E-state index < -0.39 is 0 Å². The molecule has 2 aliphatic heterocycles. The lowest BCUT2D eigenvalue weighted by atomic mass is 9.98. The van der Waals surface area contributed by atoms with Crippen molar-refractivity contribution in [3.05, 3.63) is 74.9 Å². The summed E-state index contributed by atoms with van der Waals surface area (Å²) >= 11 is 0. The molecule has 0 saturated carbocycles. The predicted octanol–water partition coefficient (Wildman–Crippen LogP) is 8.36. The molecule has 248 valence electrons. The molecule has 0 fully saturated rings. The number of carbonyl (C=O) groups excluding carboxylic acids is 2. The number of nitrogens with one attached hydrogen (secondary N) is 2. The Bertz CT molecular complexity index is 2120. The fourth-order valence-corrected chi connectivity index (χ4v) is 6.85. The smallest absolute Gasteiger partial charge is 0.305 e. The maximum Gasteiger partial charge on any atom is 0.305 e. The first-order chi connectivity index (χ1) is 23.1. The Kier molecular flexibility index (Phi) is 10.1. The van der Waals surface area contributed by atoms with E-state index >= 15 is 0 Å². The summed E-state index contributed by atoms with van der Waals surface area (Å²) in [5.41, 5.74) is 16.1. The molecule has 48 heavy (non-hydrogen) atoms. The number of rotatable bonds is 9. The van der Waals surface area contributed by atoms with Crippen molar-refractivity contribution >= 4 is 62.4 Å². The van der Waals surface area contributed by atoms with Gasteiger partial charge in [-0.05, 0) is 122 Å². The van der Waals surface area contributed by atoms with Crippen LogP contribution in [0, 0.1) is 25.2 Å². The van der Waals surface area contributed by atoms with Crippen LogP contribution in [0.1, 0.15) is 104 Å². The number of aryl methyl sites for hydroxylation is 4. The number of methoxy groups -OCH3 is 2. The minimum Gasteiger partial charge on any atom is -0.469 e. The quantitative estimate of drug-likeness (QED) is 0.176. The van der Waals surface area contributed by atoms with Gasteiger partial charge >= 0.3 is 11.9 Å². The van der Waals surface area contributed by atoms with Crippen LogP contribution in [0.15, 0.2) is 24.3 Å². The van der Waals surface area contributed by atoms with Crippen LogP contribution in [0.25, 0.3) is 50.4 Å². The van der Waals surface area contributed by atoms with Crippen LogP contribution in [0.5, 0.6) is 0 Å². The van der Waals surface area contributed by atoms with Crippen LogP contribution in [0.2, 0.25) is 0 Å². The first kappa shape index (κ1) is 34.1. The third kappa shape index (κ3) is 6.35. The second-order valence-corrected chi connectivity index (χ2v) is 12.2. The molecule has 0 aliphatic carbocycles. The van der Waals surface area contributed by atoms with Crippen LogP contribution >= 0.6 is 0 Å². The Morgan fingerprint density at radius 1 is 0.771 bits per heavy atom. The number of hydrogen-bond acceptors (Lipinski definition) is 7. The summed E-state index contributed by atoms with van der Waals surface area (Å²) in [5.74, 6) is -0.568. The van der Waals surface area contributed by atoms with E-state index in [4.69, 9.17) is 19.4 Å². The molecule has 0 atom stereocenters. The zero-order chi connectivity index (χ0) is 34.7. The third-order valence-corrected chi connectivity index (χ3v) is 9.62. The van der Waals surface area contributed by atoms with E-state index in [1.54, 1.807) is 0 Å². The highest BCUT2D eigenvalue weighted by atomic mass is 16.5. The monoisotopic (exact) mass is 645 g/mol. The van der Waals surface area contributed by atoms with Crippen molar-refractivity contribution < 1.29 is 19.1 Å². The molecule has 3 aromatic rings. The SMILES string of the molecule is CCC1=C(C)c2cc3nc(cc4[nH]c(cc5[nH]c(c(C)c5CC)c(C=CC#N)c1n2)c(C)c4CCC(=O)OC)C(CCC(=O)OC)=C3C. The van der Waals surface area contributed by atoms with Gasteiger partial charge in [0.05, 0.1) is 48.6 Å². The molecule has 0 spiro atoms. The molecule has 0 aromatic carbocycles. The zero-order valence-electron chi connectivity index (χ0n) is 29.1. The number of nitrogens with zero attached hydrogens (tertiary/aromatic N) is 3. The number of H-pyrrole nitrogens is 2. The summed E-state index contributed by atoms with van der Waals surface area (Å²) in [6.45, 7) is 12.5. The fourth-order valence-electron chi connectivity index (χ4n) is 6.85. The molecule has 2 N–H and O–H groups in total. The predicted molar refractivity (Wildman–Crippen MR) is 191 cm³/mol. The minimum absolute atomic E-state index is 0.219. The number of aromatic amines is 2. The Morgan fingerprint density at radius 2 is 1.42 bits per heavy atom. The molecule has 5 rings (SSSR count).